The van der Waals surface area contributed by atoms with Crippen molar-refractivity contribution < 1.29 is 19.0 Å². The number of carbonyl (C=O) groups excluding carboxylic acids is 1. The predicted octanol–water partition coefficient (Wildman–Crippen LogP) is 1.05. The molecule has 3 aliphatic rings. The molecule has 0 radical (unpaired) electrons. The van der Waals surface area contributed by atoms with E-state index in [1.54, 1.807) is 6.07 Å². The van der Waals surface area contributed by atoms with Crippen LogP contribution in [-0.4, -0.2) is 86.7 Å². The van der Waals surface area contributed by atoms with Crippen molar-refractivity contribution >= 4 is 17.5 Å². The van der Waals surface area contributed by atoms with Crippen molar-refractivity contribution in [1.29, 1.82) is 0 Å². The number of hydrogen-bond donors (Lipinski definition) is 0. The summed E-state index contributed by atoms with van der Waals surface area (Å²) in [7, 11) is 0. The van der Waals surface area contributed by atoms with Crippen LogP contribution in [0.3, 0.4) is 0 Å². The summed E-state index contributed by atoms with van der Waals surface area (Å²) in [6.07, 6.45) is 0. The highest BCUT2D eigenvalue weighted by atomic mass is 16.6. The monoisotopic (exact) mass is 411 g/mol. The van der Waals surface area contributed by atoms with Crippen molar-refractivity contribution in [3.63, 3.8) is 0 Å². The fraction of sp³-hybridized carbons (Fsp3) is 0.476. The SMILES string of the molecule is O=C(c1cccc2c1OCCO2)N1CCN(c2ccc(N3CCOCC3)nn2)CC1. The number of ether oxygens (including phenoxy) is 3. The Bertz CT molecular complexity index is 893. The molecule has 9 nitrogen and oxygen atoms in total. The number of amides is 1. The van der Waals surface area contributed by atoms with E-state index in [0.717, 1.165) is 37.9 Å². The van der Waals surface area contributed by atoms with E-state index in [2.05, 4.69) is 20.0 Å². The van der Waals surface area contributed by atoms with E-state index in [-0.39, 0.29) is 5.91 Å². The number of carbonyl (C=O) groups is 1. The fourth-order valence-corrected chi connectivity index (χ4v) is 4.00. The van der Waals surface area contributed by atoms with E-state index >= 15 is 0 Å². The fourth-order valence-electron chi connectivity index (χ4n) is 4.00. The minimum atomic E-state index is -0.0225. The number of rotatable bonds is 3. The summed E-state index contributed by atoms with van der Waals surface area (Å²) in [5.41, 5.74) is 0.565. The summed E-state index contributed by atoms with van der Waals surface area (Å²) in [6.45, 7) is 6.76. The van der Waals surface area contributed by atoms with Gasteiger partial charge in [-0.25, -0.2) is 0 Å². The van der Waals surface area contributed by atoms with Gasteiger partial charge in [0.1, 0.15) is 13.2 Å². The maximum absolute atomic E-state index is 13.1. The van der Waals surface area contributed by atoms with Crippen LogP contribution >= 0.6 is 0 Å². The highest BCUT2D eigenvalue weighted by Crippen LogP contribution is 2.34. The number of hydrogen-bond acceptors (Lipinski definition) is 8. The van der Waals surface area contributed by atoms with E-state index < -0.39 is 0 Å². The Kier molecular flexibility index (Phi) is 5.27. The molecule has 2 fully saturated rings. The first-order valence-corrected chi connectivity index (χ1v) is 10.4. The number of piperazine rings is 1. The van der Waals surface area contributed by atoms with E-state index in [1.165, 1.54) is 0 Å². The maximum atomic E-state index is 13.1. The van der Waals surface area contributed by atoms with Crippen LogP contribution in [0.25, 0.3) is 0 Å². The van der Waals surface area contributed by atoms with Gasteiger partial charge in [-0.3, -0.25) is 4.79 Å². The van der Waals surface area contributed by atoms with E-state index in [9.17, 15) is 4.79 Å². The Morgan fingerprint density at radius 3 is 2.13 bits per heavy atom. The van der Waals surface area contributed by atoms with Gasteiger partial charge in [-0.15, -0.1) is 10.2 Å². The van der Waals surface area contributed by atoms with Gasteiger partial charge in [-0.1, -0.05) is 6.07 Å². The molecule has 0 unspecified atom stereocenters. The Hall–Kier alpha value is -3.07. The molecule has 0 atom stereocenters. The average molecular weight is 411 g/mol. The second kappa shape index (κ2) is 8.35. The van der Waals surface area contributed by atoms with Crippen LogP contribution in [0.15, 0.2) is 30.3 Å². The van der Waals surface area contributed by atoms with Crippen LogP contribution in [0.5, 0.6) is 11.5 Å². The zero-order chi connectivity index (χ0) is 20.3. The van der Waals surface area contributed by atoms with Crippen molar-refractivity contribution in [2.24, 2.45) is 0 Å². The van der Waals surface area contributed by atoms with Crippen molar-refractivity contribution in [3.8, 4) is 11.5 Å². The summed E-state index contributed by atoms with van der Waals surface area (Å²) >= 11 is 0. The summed E-state index contributed by atoms with van der Waals surface area (Å²) in [5.74, 6) is 2.90. The van der Waals surface area contributed by atoms with Crippen LogP contribution in [0.4, 0.5) is 11.6 Å². The Morgan fingerprint density at radius 1 is 0.767 bits per heavy atom. The predicted molar refractivity (Wildman–Crippen MR) is 111 cm³/mol. The van der Waals surface area contributed by atoms with Gasteiger partial charge in [0.15, 0.2) is 23.1 Å². The molecule has 0 saturated carbocycles. The van der Waals surface area contributed by atoms with Gasteiger partial charge in [0, 0.05) is 39.3 Å². The van der Waals surface area contributed by atoms with Crippen LogP contribution in [0.1, 0.15) is 10.4 Å². The van der Waals surface area contributed by atoms with Crippen LogP contribution < -0.4 is 19.3 Å². The van der Waals surface area contributed by atoms with E-state index in [0.29, 0.717) is 56.5 Å². The number of nitrogens with zero attached hydrogens (tertiary/aromatic N) is 5. The van der Waals surface area contributed by atoms with Gasteiger partial charge in [-0.2, -0.15) is 0 Å². The number of benzene rings is 1. The molecule has 0 spiro atoms. The van der Waals surface area contributed by atoms with Crippen molar-refractivity contribution in [2.75, 3.05) is 75.5 Å². The largest absolute Gasteiger partial charge is 0.486 e. The highest BCUT2D eigenvalue weighted by Gasteiger charge is 2.27. The molecular formula is C21H25N5O4. The van der Waals surface area contributed by atoms with Crippen molar-refractivity contribution in [1.82, 2.24) is 15.1 Å². The molecule has 0 bridgehead atoms. The lowest BCUT2D eigenvalue weighted by Crippen LogP contribution is -2.49. The lowest BCUT2D eigenvalue weighted by Gasteiger charge is -2.36. The molecular weight excluding hydrogens is 386 g/mol. The Morgan fingerprint density at radius 2 is 1.43 bits per heavy atom. The minimum absolute atomic E-state index is 0.0225. The first-order chi connectivity index (χ1) is 14.8. The third kappa shape index (κ3) is 3.72. The molecule has 3 aliphatic heterocycles. The van der Waals surface area contributed by atoms with Crippen LogP contribution in [-0.2, 0) is 4.74 Å². The summed E-state index contributed by atoms with van der Waals surface area (Å²) in [4.78, 5) is 19.3. The molecule has 4 heterocycles. The smallest absolute Gasteiger partial charge is 0.257 e. The quantitative estimate of drug-likeness (QED) is 0.742. The van der Waals surface area contributed by atoms with Crippen LogP contribution in [0.2, 0.25) is 0 Å². The minimum Gasteiger partial charge on any atom is -0.486 e. The van der Waals surface area contributed by atoms with E-state index in [4.69, 9.17) is 14.2 Å². The lowest BCUT2D eigenvalue weighted by atomic mass is 10.1. The van der Waals surface area contributed by atoms with Gasteiger partial charge in [0.25, 0.3) is 5.91 Å². The molecule has 0 aliphatic carbocycles. The number of fused-ring (bicyclic) bond motifs is 1. The molecule has 30 heavy (non-hydrogen) atoms. The normalized spacial score (nSPS) is 19.0. The first kappa shape index (κ1) is 18.9. The van der Waals surface area contributed by atoms with Crippen molar-refractivity contribution in [3.05, 3.63) is 35.9 Å². The summed E-state index contributed by atoms with van der Waals surface area (Å²) < 4.78 is 16.7. The lowest BCUT2D eigenvalue weighted by molar-refractivity contribution is 0.0736. The van der Waals surface area contributed by atoms with Gasteiger partial charge < -0.3 is 28.9 Å². The molecule has 2 saturated heterocycles. The molecule has 9 heteroatoms. The van der Waals surface area contributed by atoms with Crippen LogP contribution in [0, 0.1) is 0 Å². The summed E-state index contributed by atoms with van der Waals surface area (Å²) in [6, 6.07) is 9.50. The number of aromatic nitrogens is 2. The highest BCUT2D eigenvalue weighted by molar-refractivity contribution is 5.98. The second-order valence-electron chi connectivity index (χ2n) is 7.46. The van der Waals surface area contributed by atoms with E-state index in [1.807, 2.05) is 29.2 Å². The molecule has 5 rings (SSSR count). The topological polar surface area (TPSA) is 80.3 Å². The van der Waals surface area contributed by atoms with Gasteiger partial charge in [0.05, 0.1) is 18.8 Å². The maximum Gasteiger partial charge on any atom is 0.257 e. The third-order valence-electron chi connectivity index (χ3n) is 5.66. The summed E-state index contributed by atoms with van der Waals surface area (Å²) in [5, 5.41) is 8.81. The zero-order valence-corrected chi connectivity index (χ0v) is 16.8. The van der Waals surface area contributed by atoms with Gasteiger partial charge >= 0.3 is 0 Å². The zero-order valence-electron chi connectivity index (χ0n) is 16.8. The molecule has 1 aromatic carbocycles. The van der Waals surface area contributed by atoms with Gasteiger partial charge in [0.2, 0.25) is 0 Å². The average Bonchev–Trinajstić information content (AvgIpc) is 2.84. The molecule has 0 N–H and O–H groups in total. The molecule has 1 amide bonds. The Balaban J connectivity index is 1.22. The number of para-hydroxylation sites is 1. The van der Waals surface area contributed by atoms with Crippen molar-refractivity contribution in [2.45, 2.75) is 0 Å². The Labute approximate surface area is 175 Å². The molecule has 2 aromatic rings. The second-order valence-corrected chi connectivity index (χ2v) is 7.46. The first-order valence-electron chi connectivity index (χ1n) is 10.4. The standard InChI is InChI=1S/C21H25N5O4/c27-21(16-2-1-3-17-20(16)30-15-14-29-17)26-8-6-24(7-9-26)18-4-5-19(23-22-18)25-10-12-28-13-11-25/h1-5H,6-15H2. The molecule has 158 valence electrons. The number of morpholine rings is 1. The third-order valence-corrected chi connectivity index (χ3v) is 5.66. The molecule has 1 aromatic heterocycles. The van der Waals surface area contributed by atoms with Gasteiger partial charge in [-0.05, 0) is 24.3 Å². The number of anilines is 2.